The van der Waals surface area contributed by atoms with Crippen LogP contribution in [0.4, 0.5) is 5.69 Å². The first-order valence-corrected chi connectivity index (χ1v) is 9.63. The Bertz CT molecular complexity index is 1200. The zero-order chi connectivity index (χ0) is 21.6. The molecule has 2 heterocycles. The Morgan fingerprint density at radius 2 is 1.84 bits per heavy atom. The van der Waals surface area contributed by atoms with E-state index in [0.717, 1.165) is 11.1 Å². The molecule has 2 aromatic carbocycles. The van der Waals surface area contributed by atoms with E-state index in [0.29, 0.717) is 22.8 Å². The fourth-order valence-electron chi connectivity index (χ4n) is 3.03. The van der Waals surface area contributed by atoms with Crippen molar-refractivity contribution in [2.24, 2.45) is 0 Å². The molecule has 0 atom stereocenters. The van der Waals surface area contributed by atoms with Crippen molar-refractivity contribution in [3.63, 3.8) is 0 Å². The summed E-state index contributed by atoms with van der Waals surface area (Å²) in [4.78, 5) is 26.3. The quantitative estimate of drug-likeness (QED) is 0.479. The highest BCUT2D eigenvalue weighted by Gasteiger charge is 2.15. The maximum absolute atomic E-state index is 12.5. The van der Waals surface area contributed by atoms with Gasteiger partial charge in [-0.1, -0.05) is 36.4 Å². The third kappa shape index (κ3) is 4.84. The number of tetrazole rings is 1. The van der Waals surface area contributed by atoms with Gasteiger partial charge in [-0.05, 0) is 42.0 Å². The summed E-state index contributed by atoms with van der Waals surface area (Å²) in [5.41, 5.74) is 2.60. The van der Waals surface area contributed by atoms with Crippen molar-refractivity contribution in [1.82, 2.24) is 25.5 Å². The van der Waals surface area contributed by atoms with Crippen LogP contribution in [0.5, 0.6) is 0 Å². The van der Waals surface area contributed by atoms with Crippen LogP contribution in [0.3, 0.4) is 0 Å². The summed E-state index contributed by atoms with van der Waals surface area (Å²) in [6, 6.07) is 18.0. The molecule has 9 nitrogen and oxygen atoms in total. The van der Waals surface area contributed by atoms with Gasteiger partial charge in [0.2, 0.25) is 11.7 Å². The standard InChI is InChI=1S/C22H20N6O3/c1-15-7-2-3-9-17(15)21-25-27-28(26-21)14-20(29)24-19-11-5-4-10-18(19)22(30)23-13-16-8-6-12-31-16/h2-12H,13-14H2,1H3,(H,23,30)(H,24,29). The van der Waals surface area contributed by atoms with Gasteiger partial charge >= 0.3 is 0 Å². The minimum atomic E-state index is -0.375. The number of aromatic nitrogens is 4. The molecule has 0 aliphatic heterocycles. The number of hydrogen-bond acceptors (Lipinski definition) is 6. The number of nitrogens with zero attached hydrogens (tertiary/aromatic N) is 4. The molecule has 0 fully saturated rings. The van der Waals surface area contributed by atoms with Gasteiger partial charge in [0.15, 0.2) is 0 Å². The highest BCUT2D eigenvalue weighted by Crippen LogP contribution is 2.18. The molecule has 31 heavy (non-hydrogen) atoms. The third-order valence-corrected chi connectivity index (χ3v) is 4.57. The molecule has 0 aliphatic carbocycles. The Hall–Kier alpha value is -4.27. The normalized spacial score (nSPS) is 10.6. The molecule has 156 valence electrons. The number of anilines is 1. The number of carbonyl (C=O) groups excluding carboxylic acids is 2. The van der Waals surface area contributed by atoms with Gasteiger partial charge in [0.25, 0.3) is 5.91 Å². The van der Waals surface area contributed by atoms with Crippen molar-refractivity contribution in [3.05, 3.63) is 83.8 Å². The number of rotatable bonds is 7. The third-order valence-electron chi connectivity index (χ3n) is 4.57. The number of carbonyl (C=O) groups is 2. The summed E-state index contributed by atoms with van der Waals surface area (Å²) in [6.45, 7) is 2.07. The van der Waals surface area contributed by atoms with E-state index < -0.39 is 0 Å². The molecule has 0 unspecified atom stereocenters. The molecule has 4 rings (SSSR count). The minimum Gasteiger partial charge on any atom is -0.467 e. The first kappa shape index (κ1) is 20.0. The molecule has 0 saturated heterocycles. The highest BCUT2D eigenvalue weighted by atomic mass is 16.3. The summed E-state index contributed by atoms with van der Waals surface area (Å²) in [5.74, 6) is 0.383. The fraction of sp³-hybridized carbons (Fsp3) is 0.136. The molecule has 2 N–H and O–H groups in total. The Morgan fingerprint density at radius 3 is 2.65 bits per heavy atom. The number of benzene rings is 2. The van der Waals surface area contributed by atoms with Gasteiger partial charge in [-0.15, -0.1) is 10.2 Å². The molecule has 0 aliphatic rings. The Morgan fingerprint density at radius 1 is 1.03 bits per heavy atom. The fourth-order valence-corrected chi connectivity index (χ4v) is 3.03. The van der Waals surface area contributed by atoms with Crippen molar-refractivity contribution in [1.29, 1.82) is 0 Å². The predicted molar refractivity (Wildman–Crippen MR) is 113 cm³/mol. The van der Waals surface area contributed by atoms with Gasteiger partial charge in [-0.2, -0.15) is 4.80 Å². The lowest BCUT2D eigenvalue weighted by atomic mass is 10.1. The molecule has 4 aromatic rings. The molecule has 0 saturated carbocycles. The lowest BCUT2D eigenvalue weighted by molar-refractivity contribution is -0.117. The summed E-state index contributed by atoms with van der Waals surface area (Å²) in [6.07, 6.45) is 1.54. The molecular weight excluding hydrogens is 396 g/mol. The minimum absolute atomic E-state index is 0.138. The van der Waals surface area contributed by atoms with E-state index in [1.54, 1.807) is 42.7 Å². The second kappa shape index (κ2) is 9.04. The molecule has 0 bridgehead atoms. The van der Waals surface area contributed by atoms with E-state index >= 15 is 0 Å². The monoisotopic (exact) mass is 416 g/mol. The van der Waals surface area contributed by atoms with Crippen LogP contribution in [-0.2, 0) is 17.9 Å². The number of aryl methyl sites for hydroxylation is 1. The first-order valence-electron chi connectivity index (χ1n) is 9.63. The topological polar surface area (TPSA) is 115 Å². The van der Waals surface area contributed by atoms with Crippen LogP contribution in [0.25, 0.3) is 11.4 Å². The maximum Gasteiger partial charge on any atom is 0.253 e. The van der Waals surface area contributed by atoms with E-state index in [1.807, 2.05) is 31.2 Å². The van der Waals surface area contributed by atoms with E-state index in [2.05, 4.69) is 26.0 Å². The number of para-hydroxylation sites is 1. The lowest BCUT2D eigenvalue weighted by Crippen LogP contribution is -2.26. The van der Waals surface area contributed by atoms with Crippen molar-refractivity contribution in [3.8, 4) is 11.4 Å². The highest BCUT2D eigenvalue weighted by molar-refractivity contribution is 6.03. The second-order valence-corrected chi connectivity index (χ2v) is 6.81. The van der Waals surface area contributed by atoms with E-state index in [1.165, 1.54) is 4.80 Å². The zero-order valence-corrected chi connectivity index (χ0v) is 16.8. The van der Waals surface area contributed by atoms with E-state index in [9.17, 15) is 9.59 Å². The summed E-state index contributed by atoms with van der Waals surface area (Å²) < 4.78 is 5.22. The van der Waals surface area contributed by atoms with Gasteiger partial charge < -0.3 is 15.1 Å². The van der Waals surface area contributed by atoms with Crippen LogP contribution in [0.1, 0.15) is 21.7 Å². The van der Waals surface area contributed by atoms with Crippen LogP contribution in [0.15, 0.2) is 71.3 Å². The van der Waals surface area contributed by atoms with Crippen LogP contribution in [-0.4, -0.2) is 32.0 Å². The van der Waals surface area contributed by atoms with Gasteiger partial charge in [0.1, 0.15) is 12.3 Å². The number of hydrogen-bond donors (Lipinski definition) is 2. The zero-order valence-electron chi connectivity index (χ0n) is 16.8. The molecule has 2 amide bonds. The Labute approximate surface area is 178 Å². The molecule has 0 radical (unpaired) electrons. The first-order chi connectivity index (χ1) is 15.1. The van der Waals surface area contributed by atoms with Gasteiger partial charge in [-0.3, -0.25) is 9.59 Å². The molecular formula is C22H20N6O3. The Kier molecular flexibility index (Phi) is 5.84. The summed E-state index contributed by atoms with van der Waals surface area (Å²) >= 11 is 0. The Balaban J connectivity index is 1.41. The van der Waals surface area contributed by atoms with Crippen molar-refractivity contribution < 1.29 is 14.0 Å². The van der Waals surface area contributed by atoms with Gasteiger partial charge in [0, 0.05) is 5.56 Å². The molecule has 0 spiro atoms. The van der Waals surface area contributed by atoms with Crippen molar-refractivity contribution in [2.45, 2.75) is 20.0 Å². The smallest absolute Gasteiger partial charge is 0.253 e. The van der Waals surface area contributed by atoms with Crippen LogP contribution in [0, 0.1) is 6.92 Å². The molecule has 2 aromatic heterocycles. The average molecular weight is 416 g/mol. The summed E-state index contributed by atoms with van der Waals surface area (Å²) in [5, 5.41) is 17.8. The average Bonchev–Trinajstić information content (AvgIpc) is 3.45. The predicted octanol–water partition coefficient (Wildman–Crippen LogP) is 2.81. The van der Waals surface area contributed by atoms with E-state index in [4.69, 9.17) is 4.42 Å². The molecule has 9 heteroatoms. The number of amides is 2. The van der Waals surface area contributed by atoms with Crippen LogP contribution in [0.2, 0.25) is 0 Å². The van der Waals surface area contributed by atoms with Crippen LogP contribution >= 0.6 is 0 Å². The SMILES string of the molecule is Cc1ccccc1-c1nnn(CC(=O)Nc2ccccc2C(=O)NCc2ccco2)n1. The van der Waals surface area contributed by atoms with E-state index in [-0.39, 0.29) is 24.9 Å². The lowest BCUT2D eigenvalue weighted by Gasteiger charge is -2.10. The van der Waals surface area contributed by atoms with Crippen LogP contribution < -0.4 is 10.6 Å². The number of nitrogens with one attached hydrogen (secondary N) is 2. The van der Waals surface area contributed by atoms with Crippen molar-refractivity contribution in [2.75, 3.05) is 5.32 Å². The van der Waals surface area contributed by atoms with Crippen molar-refractivity contribution >= 4 is 17.5 Å². The second-order valence-electron chi connectivity index (χ2n) is 6.81. The number of furan rings is 1. The van der Waals surface area contributed by atoms with Gasteiger partial charge in [-0.25, -0.2) is 0 Å². The maximum atomic E-state index is 12.5. The van der Waals surface area contributed by atoms with Gasteiger partial charge in [0.05, 0.1) is 24.1 Å². The largest absolute Gasteiger partial charge is 0.467 e. The summed E-state index contributed by atoms with van der Waals surface area (Å²) in [7, 11) is 0.